The Labute approximate surface area is 87.4 Å². The first-order chi connectivity index (χ1) is 7.22. The highest BCUT2D eigenvalue weighted by Crippen LogP contribution is 2.17. The van der Waals surface area contributed by atoms with Crippen molar-refractivity contribution in [1.29, 1.82) is 0 Å². The summed E-state index contributed by atoms with van der Waals surface area (Å²) in [7, 11) is 0. The fraction of sp³-hybridized carbons (Fsp3) is 0.273. The second-order valence-electron chi connectivity index (χ2n) is 3.45. The van der Waals surface area contributed by atoms with Gasteiger partial charge < -0.3 is 9.97 Å². The first kappa shape index (κ1) is 9.71. The lowest BCUT2D eigenvalue weighted by Crippen LogP contribution is -2.13. The van der Waals surface area contributed by atoms with Gasteiger partial charge in [0.15, 0.2) is 0 Å². The summed E-state index contributed by atoms with van der Waals surface area (Å²) in [5.41, 5.74) is 2.57. The van der Waals surface area contributed by atoms with Crippen molar-refractivity contribution in [1.82, 2.24) is 15.0 Å². The third-order valence-corrected chi connectivity index (χ3v) is 2.45. The van der Waals surface area contributed by atoms with E-state index in [2.05, 4.69) is 15.0 Å². The van der Waals surface area contributed by atoms with Crippen molar-refractivity contribution in [3.05, 3.63) is 40.1 Å². The molecule has 0 radical (unpaired) electrons. The molecule has 4 heteroatoms. The van der Waals surface area contributed by atoms with Gasteiger partial charge in [0.2, 0.25) is 0 Å². The van der Waals surface area contributed by atoms with Gasteiger partial charge in [0, 0.05) is 29.2 Å². The second kappa shape index (κ2) is 3.73. The number of rotatable bonds is 2. The predicted molar refractivity (Wildman–Crippen MR) is 58.8 cm³/mol. The summed E-state index contributed by atoms with van der Waals surface area (Å²) in [6.07, 6.45) is 4.19. The molecule has 2 aromatic heterocycles. The van der Waals surface area contributed by atoms with Crippen LogP contribution in [-0.4, -0.2) is 15.0 Å². The Balaban J connectivity index is 2.62. The largest absolute Gasteiger partial charge is 0.345 e. The minimum Gasteiger partial charge on any atom is -0.345 e. The number of aromatic nitrogens is 3. The van der Waals surface area contributed by atoms with E-state index in [0.717, 1.165) is 29.1 Å². The topological polar surface area (TPSA) is 61.5 Å². The van der Waals surface area contributed by atoms with Gasteiger partial charge in [-0.15, -0.1) is 0 Å². The number of aromatic amines is 2. The van der Waals surface area contributed by atoms with E-state index in [1.54, 1.807) is 12.4 Å². The molecule has 0 unspecified atom stereocenters. The fourth-order valence-corrected chi connectivity index (χ4v) is 1.59. The molecule has 0 bridgehead atoms. The summed E-state index contributed by atoms with van der Waals surface area (Å²) in [5, 5.41) is 0. The van der Waals surface area contributed by atoms with Gasteiger partial charge >= 0.3 is 0 Å². The molecule has 0 fully saturated rings. The zero-order chi connectivity index (χ0) is 10.8. The van der Waals surface area contributed by atoms with Gasteiger partial charge in [-0.2, -0.15) is 0 Å². The SMILES string of the molecule is CCc1cc(-c2ncc[nH]2)c(C)[nH]c1=O. The van der Waals surface area contributed by atoms with Crippen molar-refractivity contribution in [3.8, 4) is 11.4 Å². The summed E-state index contributed by atoms with van der Waals surface area (Å²) in [6, 6.07) is 1.90. The predicted octanol–water partition coefficient (Wildman–Crippen LogP) is 1.64. The van der Waals surface area contributed by atoms with Crippen molar-refractivity contribution in [3.63, 3.8) is 0 Å². The van der Waals surface area contributed by atoms with E-state index in [1.807, 2.05) is 19.9 Å². The van der Waals surface area contributed by atoms with Crippen molar-refractivity contribution in [2.75, 3.05) is 0 Å². The fourth-order valence-electron chi connectivity index (χ4n) is 1.59. The maximum Gasteiger partial charge on any atom is 0.251 e. The van der Waals surface area contributed by atoms with Crippen LogP contribution in [0.2, 0.25) is 0 Å². The van der Waals surface area contributed by atoms with Gasteiger partial charge in [-0.3, -0.25) is 4.79 Å². The zero-order valence-electron chi connectivity index (χ0n) is 8.79. The highest BCUT2D eigenvalue weighted by atomic mass is 16.1. The Morgan fingerprint density at radius 3 is 2.87 bits per heavy atom. The molecule has 0 aliphatic rings. The van der Waals surface area contributed by atoms with Crippen LogP contribution in [0, 0.1) is 6.92 Å². The molecule has 2 rings (SSSR count). The Hall–Kier alpha value is -1.84. The summed E-state index contributed by atoms with van der Waals surface area (Å²) < 4.78 is 0. The van der Waals surface area contributed by atoms with Gasteiger partial charge in [-0.1, -0.05) is 6.92 Å². The molecular weight excluding hydrogens is 190 g/mol. The van der Waals surface area contributed by atoms with E-state index in [4.69, 9.17) is 0 Å². The highest BCUT2D eigenvalue weighted by Gasteiger charge is 2.07. The van der Waals surface area contributed by atoms with E-state index < -0.39 is 0 Å². The molecule has 4 nitrogen and oxygen atoms in total. The van der Waals surface area contributed by atoms with E-state index in [-0.39, 0.29) is 5.56 Å². The molecule has 0 aliphatic carbocycles. The van der Waals surface area contributed by atoms with Crippen LogP contribution in [0.1, 0.15) is 18.2 Å². The van der Waals surface area contributed by atoms with Gasteiger partial charge in [0.05, 0.1) is 0 Å². The Kier molecular flexibility index (Phi) is 2.41. The van der Waals surface area contributed by atoms with Crippen LogP contribution in [0.25, 0.3) is 11.4 Å². The first-order valence-electron chi connectivity index (χ1n) is 4.95. The zero-order valence-corrected chi connectivity index (χ0v) is 8.79. The maximum absolute atomic E-state index is 11.5. The molecular formula is C11H13N3O. The molecule has 78 valence electrons. The molecule has 15 heavy (non-hydrogen) atoms. The van der Waals surface area contributed by atoms with Crippen LogP contribution in [0.15, 0.2) is 23.3 Å². The molecule has 0 saturated carbocycles. The molecule has 0 amide bonds. The number of hydrogen-bond donors (Lipinski definition) is 2. The molecule has 2 N–H and O–H groups in total. The minimum atomic E-state index is -0.00898. The standard InChI is InChI=1S/C11H13N3O/c1-3-8-6-9(7(2)14-11(8)15)10-12-4-5-13-10/h4-6H,3H2,1-2H3,(H,12,13)(H,14,15). The van der Waals surface area contributed by atoms with Crippen molar-refractivity contribution < 1.29 is 0 Å². The van der Waals surface area contributed by atoms with E-state index in [1.165, 1.54) is 0 Å². The lowest BCUT2D eigenvalue weighted by atomic mass is 10.1. The minimum absolute atomic E-state index is 0.00898. The summed E-state index contributed by atoms with van der Waals surface area (Å²) in [4.78, 5) is 21.5. The molecule has 0 aliphatic heterocycles. The van der Waals surface area contributed by atoms with Gasteiger partial charge in [-0.05, 0) is 19.4 Å². The molecule has 2 heterocycles. The van der Waals surface area contributed by atoms with Crippen LogP contribution in [-0.2, 0) is 6.42 Å². The van der Waals surface area contributed by atoms with Crippen LogP contribution in [0.4, 0.5) is 0 Å². The lowest BCUT2D eigenvalue weighted by molar-refractivity contribution is 1.03. The van der Waals surface area contributed by atoms with Crippen LogP contribution in [0.5, 0.6) is 0 Å². The van der Waals surface area contributed by atoms with Gasteiger partial charge in [0.25, 0.3) is 5.56 Å². The maximum atomic E-state index is 11.5. The molecule has 2 aromatic rings. The summed E-state index contributed by atoms with van der Waals surface area (Å²) in [6.45, 7) is 3.84. The van der Waals surface area contributed by atoms with E-state index >= 15 is 0 Å². The average molecular weight is 203 g/mol. The van der Waals surface area contributed by atoms with E-state index in [0.29, 0.717) is 0 Å². The smallest absolute Gasteiger partial charge is 0.251 e. The average Bonchev–Trinajstić information content (AvgIpc) is 2.71. The quantitative estimate of drug-likeness (QED) is 0.779. The van der Waals surface area contributed by atoms with Crippen LogP contribution in [0.3, 0.4) is 0 Å². The Morgan fingerprint density at radius 1 is 1.47 bits per heavy atom. The van der Waals surface area contributed by atoms with Gasteiger partial charge in [-0.25, -0.2) is 4.98 Å². The number of nitrogens with zero attached hydrogens (tertiary/aromatic N) is 1. The van der Waals surface area contributed by atoms with Crippen LogP contribution >= 0.6 is 0 Å². The number of H-pyrrole nitrogens is 2. The summed E-state index contributed by atoms with van der Waals surface area (Å²) in [5.74, 6) is 0.790. The number of aryl methyl sites for hydroxylation is 2. The van der Waals surface area contributed by atoms with Crippen molar-refractivity contribution in [2.24, 2.45) is 0 Å². The lowest BCUT2D eigenvalue weighted by Gasteiger charge is -2.04. The van der Waals surface area contributed by atoms with Crippen molar-refractivity contribution in [2.45, 2.75) is 20.3 Å². The van der Waals surface area contributed by atoms with Gasteiger partial charge in [0.1, 0.15) is 5.82 Å². The van der Waals surface area contributed by atoms with Crippen molar-refractivity contribution >= 4 is 0 Å². The second-order valence-corrected chi connectivity index (χ2v) is 3.45. The Morgan fingerprint density at radius 2 is 2.27 bits per heavy atom. The normalized spacial score (nSPS) is 10.5. The first-order valence-corrected chi connectivity index (χ1v) is 4.95. The summed E-state index contributed by atoms with van der Waals surface area (Å²) >= 11 is 0. The molecule has 0 saturated heterocycles. The molecule has 0 atom stereocenters. The number of hydrogen-bond acceptors (Lipinski definition) is 2. The van der Waals surface area contributed by atoms with E-state index in [9.17, 15) is 4.79 Å². The van der Waals surface area contributed by atoms with Crippen LogP contribution < -0.4 is 5.56 Å². The number of pyridine rings is 1. The third kappa shape index (κ3) is 1.70. The number of nitrogens with one attached hydrogen (secondary N) is 2. The highest BCUT2D eigenvalue weighted by molar-refractivity contribution is 5.58. The third-order valence-electron chi connectivity index (χ3n) is 2.45. The number of imidazole rings is 1. The Bertz CT molecular complexity index is 511. The molecule has 0 aromatic carbocycles. The monoisotopic (exact) mass is 203 g/mol. The molecule has 0 spiro atoms.